The number of thioether (sulfide) groups is 1. The fourth-order valence-corrected chi connectivity index (χ4v) is 2.36. The smallest absolute Gasteiger partial charge is 0.239 e. The van der Waals surface area contributed by atoms with Crippen LogP contribution in [0.25, 0.3) is 0 Å². The van der Waals surface area contributed by atoms with Crippen molar-refractivity contribution in [3.8, 4) is 0 Å². The molecule has 76 valence electrons. The lowest BCUT2D eigenvalue weighted by atomic mass is 10.1. The Morgan fingerprint density at radius 2 is 2.15 bits per heavy atom. The summed E-state index contributed by atoms with van der Waals surface area (Å²) in [5, 5.41) is 0. The molecule has 0 radical (unpaired) electrons. The van der Waals surface area contributed by atoms with Crippen molar-refractivity contribution < 1.29 is 4.79 Å². The van der Waals surface area contributed by atoms with Gasteiger partial charge in [0, 0.05) is 24.6 Å². The number of nitrogens with two attached hydrogens (primary N) is 1. The van der Waals surface area contributed by atoms with E-state index in [4.69, 9.17) is 5.73 Å². The summed E-state index contributed by atoms with van der Waals surface area (Å²) in [6, 6.07) is -0.270. The second kappa shape index (κ2) is 5.50. The topological polar surface area (TPSA) is 46.3 Å². The van der Waals surface area contributed by atoms with E-state index in [2.05, 4.69) is 6.92 Å². The lowest BCUT2D eigenvalue weighted by molar-refractivity contribution is -0.132. The first kappa shape index (κ1) is 10.9. The molecule has 0 aromatic heterocycles. The summed E-state index contributed by atoms with van der Waals surface area (Å²) in [6.07, 6.45) is 1.79. The molecule has 1 aliphatic heterocycles. The minimum absolute atomic E-state index is 0.141. The van der Waals surface area contributed by atoms with Gasteiger partial charge >= 0.3 is 0 Å². The minimum atomic E-state index is -0.270. The van der Waals surface area contributed by atoms with Gasteiger partial charge in [-0.1, -0.05) is 13.3 Å². The van der Waals surface area contributed by atoms with E-state index in [0.717, 1.165) is 37.4 Å². The van der Waals surface area contributed by atoms with Crippen LogP contribution in [0.2, 0.25) is 0 Å². The van der Waals surface area contributed by atoms with Crippen LogP contribution < -0.4 is 5.73 Å². The fourth-order valence-electron chi connectivity index (χ4n) is 1.45. The van der Waals surface area contributed by atoms with Gasteiger partial charge in [0.25, 0.3) is 0 Å². The highest BCUT2D eigenvalue weighted by Gasteiger charge is 2.21. The van der Waals surface area contributed by atoms with E-state index in [0.29, 0.717) is 0 Å². The highest BCUT2D eigenvalue weighted by molar-refractivity contribution is 7.99. The predicted molar refractivity (Wildman–Crippen MR) is 56.8 cm³/mol. The van der Waals surface area contributed by atoms with Crippen molar-refractivity contribution in [2.75, 3.05) is 24.6 Å². The van der Waals surface area contributed by atoms with E-state index in [1.807, 2.05) is 16.7 Å². The Balaban J connectivity index is 2.36. The molecule has 0 aromatic carbocycles. The molecule has 1 rings (SSSR count). The number of rotatable bonds is 3. The first-order valence-electron chi connectivity index (χ1n) is 4.87. The quantitative estimate of drug-likeness (QED) is 0.732. The Bertz CT molecular complexity index is 169. The summed E-state index contributed by atoms with van der Waals surface area (Å²) in [5.74, 6) is 2.26. The zero-order chi connectivity index (χ0) is 9.68. The third-order valence-electron chi connectivity index (χ3n) is 2.24. The Morgan fingerprint density at radius 1 is 1.54 bits per heavy atom. The van der Waals surface area contributed by atoms with Gasteiger partial charge in [-0.05, 0) is 6.42 Å². The third-order valence-corrected chi connectivity index (χ3v) is 3.18. The normalized spacial score (nSPS) is 20.0. The molecule has 1 unspecified atom stereocenters. The number of hydrogen-bond acceptors (Lipinski definition) is 3. The van der Waals surface area contributed by atoms with Crippen molar-refractivity contribution in [3.63, 3.8) is 0 Å². The highest BCUT2D eigenvalue weighted by atomic mass is 32.2. The van der Waals surface area contributed by atoms with Crippen LogP contribution in [0.15, 0.2) is 0 Å². The maximum Gasteiger partial charge on any atom is 0.239 e. The van der Waals surface area contributed by atoms with Crippen molar-refractivity contribution in [3.05, 3.63) is 0 Å². The lowest BCUT2D eigenvalue weighted by Gasteiger charge is -2.28. The van der Waals surface area contributed by atoms with Crippen molar-refractivity contribution in [1.82, 2.24) is 4.90 Å². The van der Waals surface area contributed by atoms with E-state index in [-0.39, 0.29) is 11.9 Å². The van der Waals surface area contributed by atoms with E-state index < -0.39 is 0 Å². The van der Waals surface area contributed by atoms with Gasteiger partial charge in [-0.15, -0.1) is 0 Å². The Kier molecular flexibility index (Phi) is 4.59. The number of amides is 1. The van der Waals surface area contributed by atoms with E-state index in [1.54, 1.807) is 0 Å². The zero-order valence-corrected chi connectivity index (χ0v) is 8.98. The number of hydrogen-bond donors (Lipinski definition) is 1. The van der Waals surface area contributed by atoms with E-state index in [9.17, 15) is 4.79 Å². The largest absolute Gasteiger partial charge is 0.340 e. The molecule has 4 heteroatoms. The van der Waals surface area contributed by atoms with Crippen molar-refractivity contribution in [2.24, 2.45) is 5.73 Å². The molecule has 1 atom stereocenters. The van der Waals surface area contributed by atoms with Crippen LogP contribution in [-0.2, 0) is 4.79 Å². The Hall–Kier alpha value is -0.220. The first-order valence-corrected chi connectivity index (χ1v) is 6.03. The third kappa shape index (κ3) is 3.19. The van der Waals surface area contributed by atoms with Gasteiger partial charge in [0.1, 0.15) is 0 Å². The van der Waals surface area contributed by atoms with Gasteiger partial charge in [-0.25, -0.2) is 0 Å². The molecule has 0 aromatic rings. The van der Waals surface area contributed by atoms with E-state index in [1.165, 1.54) is 0 Å². The summed E-state index contributed by atoms with van der Waals surface area (Å²) < 4.78 is 0. The molecule has 3 nitrogen and oxygen atoms in total. The maximum atomic E-state index is 11.7. The molecule has 0 bridgehead atoms. The lowest BCUT2D eigenvalue weighted by Crippen LogP contribution is -2.47. The summed E-state index contributed by atoms with van der Waals surface area (Å²) in [5.41, 5.74) is 5.76. The molecule has 13 heavy (non-hydrogen) atoms. The average Bonchev–Trinajstić information content (AvgIpc) is 2.18. The summed E-state index contributed by atoms with van der Waals surface area (Å²) in [4.78, 5) is 13.6. The highest BCUT2D eigenvalue weighted by Crippen LogP contribution is 2.10. The summed E-state index contributed by atoms with van der Waals surface area (Å²) in [6.45, 7) is 3.81. The van der Waals surface area contributed by atoms with Crippen LogP contribution in [0.5, 0.6) is 0 Å². The van der Waals surface area contributed by atoms with Gasteiger partial charge < -0.3 is 10.6 Å². The van der Waals surface area contributed by atoms with Gasteiger partial charge in [0.05, 0.1) is 6.04 Å². The van der Waals surface area contributed by atoms with Gasteiger partial charge in [0.15, 0.2) is 0 Å². The summed E-state index contributed by atoms with van der Waals surface area (Å²) >= 11 is 1.91. The van der Waals surface area contributed by atoms with Crippen molar-refractivity contribution in [1.29, 1.82) is 0 Å². The molecule has 0 saturated carbocycles. The second-order valence-electron chi connectivity index (χ2n) is 3.33. The molecule has 1 saturated heterocycles. The predicted octanol–water partition coefficient (Wildman–Crippen LogP) is 0.689. The number of nitrogens with zero attached hydrogens (tertiary/aromatic N) is 1. The van der Waals surface area contributed by atoms with Crippen LogP contribution in [0.3, 0.4) is 0 Å². The molecule has 0 spiro atoms. The standard InChI is InChI=1S/C9H18N2OS/c1-2-3-8(10)9(12)11-4-6-13-7-5-11/h8H,2-7,10H2,1H3. The molecule has 1 amide bonds. The van der Waals surface area contributed by atoms with Crippen LogP contribution >= 0.6 is 11.8 Å². The first-order chi connectivity index (χ1) is 6.25. The van der Waals surface area contributed by atoms with Crippen LogP contribution in [-0.4, -0.2) is 41.4 Å². The minimum Gasteiger partial charge on any atom is -0.340 e. The molecular weight excluding hydrogens is 184 g/mol. The van der Waals surface area contributed by atoms with Crippen LogP contribution in [0.1, 0.15) is 19.8 Å². The van der Waals surface area contributed by atoms with Crippen molar-refractivity contribution >= 4 is 17.7 Å². The zero-order valence-electron chi connectivity index (χ0n) is 8.16. The number of carbonyl (C=O) groups excluding carboxylic acids is 1. The Labute approximate surface area is 84.0 Å². The van der Waals surface area contributed by atoms with Gasteiger partial charge in [0.2, 0.25) is 5.91 Å². The second-order valence-corrected chi connectivity index (χ2v) is 4.56. The molecule has 0 aliphatic carbocycles. The van der Waals surface area contributed by atoms with E-state index >= 15 is 0 Å². The molecule has 2 N–H and O–H groups in total. The van der Waals surface area contributed by atoms with Crippen LogP contribution in [0.4, 0.5) is 0 Å². The molecule has 1 heterocycles. The fraction of sp³-hybridized carbons (Fsp3) is 0.889. The molecule has 1 aliphatic rings. The van der Waals surface area contributed by atoms with Crippen molar-refractivity contribution in [2.45, 2.75) is 25.8 Å². The van der Waals surface area contributed by atoms with Crippen LogP contribution in [0, 0.1) is 0 Å². The Morgan fingerprint density at radius 3 is 2.69 bits per heavy atom. The maximum absolute atomic E-state index is 11.7. The molecule has 1 fully saturated rings. The summed E-state index contributed by atoms with van der Waals surface area (Å²) in [7, 11) is 0. The van der Waals surface area contributed by atoms with Gasteiger partial charge in [-0.3, -0.25) is 4.79 Å². The SMILES string of the molecule is CCCC(N)C(=O)N1CCSCC1. The average molecular weight is 202 g/mol. The van der Waals surface area contributed by atoms with Gasteiger partial charge in [-0.2, -0.15) is 11.8 Å². The monoisotopic (exact) mass is 202 g/mol. The number of carbonyl (C=O) groups is 1. The molecular formula is C9H18N2OS.